The molecule has 8 nitrogen and oxygen atoms in total. The summed E-state index contributed by atoms with van der Waals surface area (Å²) in [6, 6.07) is 5.22. The van der Waals surface area contributed by atoms with E-state index in [0.717, 1.165) is 16.1 Å². The third kappa shape index (κ3) is 2.68. The van der Waals surface area contributed by atoms with Crippen molar-refractivity contribution in [1.82, 2.24) is 25.2 Å². The molecule has 126 valence electrons. The molecule has 2 N–H and O–H groups in total. The monoisotopic (exact) mass is 353 g/mol. The number of fused-ring (bicyclic) bond motifs is 1. The van der Waals surface area contributed by atoms with Crippen LogP contribution in [0.3, 0.4) is 0 Å². The van der Waals surface area contributed by atoms with Crippen LogP contribution in [-0.2, 0) is 4.79 Å². The number of aryl methyl sites for hydroxylation is 1. The first kappa shape index (κ1) is 15.5. The molecule has 3 aromatic rings. The van der Waals surface area contributed by atoms with Gasteiger partial charge in [-0.3, -0.25) is 9.78 Å². The Balaban J connectivity index is 1.78. The van der Waals surface area contributed by atoms with Crippen molar-refractivity contribution < 1.29 is 4.79 Å². The molecule has 0 saturated heterocycles. The predicted octanol–water partition coefficient (Wildman–Crippen LogP) is 2.37. The molecule has 1 unspecified atom stereocenters. The first-order valence-corrected chi connectivity index (χ1v) is 8.54. The highest BCUT2D eigenvalue weighted by atomic mass is 32.1. The normalized spacial score (nSPS) is 16.3. The molecular formula is C16H15N7OS. The van der Waals surface area contributed by atoms with Crippen molar-refractivity contribution in [2.75, 3.05) is 10.6 Å². The van der Waals surface area contributed by atoms with Gasteiger partial charge in [-0.15, -0.1) is 11.3 Å². The van der Waals surface area contributed by atoms with Gasteiger partial charge in [-0.25, -0.2) is 0 Å². The standard InChI is InChI=1S/C16H15N7OS/c1-9-5-7-25-14(9)13-12(10(2)18-16-20-21-22-23(13)16)15(24)19-11-4-3-6-17-8-11/h3-8,13H,1-2H3,(H,19,24)(H,18,20,22). The summed E-state index contributed by atoms with van der Waals surface area (Å²) in [7, 11) is 0. The molecule has 0 aliphatic carbocycles. The van der Waals surface area contributed by atoms with Crippen LogP contribution in [0.4, 0.5) is 11.6 Å². The second-order valence-electron chi connectivity index (χ2n) is 5.68. The summed E-state index contributed by atoms with van der Waals surface area (Å²) in [6.07, 6.45) is 3.27. The lowest BCUT2D eigenvalue weighted by molar-refractivity contribution is -0.113. The number of nitrogens with zero attached hydrogens (tertiary/aromatic N) is 5. The topological polar surface area (TPSA) is 97.6 Å². The average Bonchev–Trinajstić information content (AvgIpc) is 3.23. The molecule has 0 fully saturated rings. The number of hydrogen-bond acceptors (Lipinski definition) is 7. The van der Waals surface area contributed by atoms with Gasteiger partial charge < -0.3 is 10.6 Å². The van der Waals surface area contributed by atoms with E-state index in [4.69, 9.17) is 0 Å². The van der Waals surface area contributed by atoms with Gasteiger partial charge in [0, 0.05) is 16.8 Å². The molecule has 0 spiro atoms. The van der Waals surface area contributed by atoms with Crippen LogP contribution in [-0.4, -0.2) is 31.1 Å². The van der Waals surface area contributed by atoms with E-state index in [0.29, 0.717) is 17.2 Å². The Morgan fingerprint density at radius 2 is 2.24 bits per heavy atom. The highest BCUT2D eigenvalue weighted by molar-refractivity contribution is 7.10. The number of rotatable bonds is 3. The van der Waals surface area contributed by atoms with Gasteiger partial charge in [0.25, 0.3) is 5.91 Å². The van der Waals surface area contributed by atoms with E-state index in [-0.39, 0.29) is 11.9 Å². The van der Waals surface area contributed by atoms with Crippen molar-refractivity contribution in [3.05, 3.63) is 57.7 Å². The minimum Gasteiger partial charge on any atom is -0.326 e. The zero-order valence-electron chi connectivity index (χ0n) is 13.6. The van der Waals surface area contributed by atoms with Gasteiger partial charge in [0.05, 0.1) is 17.5 Å². The SMILES string of the molecule is CC1=C(C(=O)Nc2cccnc2)C(c2sccc2C)n2nnnc2N1. The number of carbonyl (C=O) groups excluding carboxylic acids is 1. The van der Waals surface area contributed by atoms with Gasteiger partial charge in [0.15, 0.2) is 0 Å². The smallest absolute Gasteiger partial charge is 0.255 e. The minimum absolute atomic E-state index is 0.211. The van der Waals surface area contributed by atoms with Crippen LogP contribution in [0, 0.1) is 6.92 Å². The summed E-state index contributed by atoms with van der Waals surface area (Å²) in [6.45, 7) is 3.87. The lowest BCUT2D eigenvalue weighted by atomic mass is 9.99. The molecule has 1 aliphatic rings. The van der Waals surface area contributed by atoms with Crippen molar-refractivity contribution in [2.45, 2.75) is 19.9 Å². The zero-order chi connectivity index (χ0) is 17.4. The zero-order valence-corrected chi connectivity index (χ0v) is 14.4. The van der Waals surface area contributed by atoms with E-state index in [1.54, 1.807) is 40.5 Å². The Bertz CT molecular complexity index is 960. The summed E-state index contributed by atoms with van der Waals surface area (Å²) in [4.78, 5) is 18.1. The summed E-state index contributed by atoms with van der Waals surface area (Å²) in [5.74, 6) is 0.310. The van der Waals surface area contributed by atoms with Crippen LogP contribution < -0.4 is 10.6 Å². The first-order chi connectivity index (χ1) is 12.1. The van der Waals surface area contributed by atoms with Gasteiger partial charge in [-0.2, -0.15) is 4.68 Å². The van der Waals surface area contributed by atoms with E-state index >= 15 is 0 Å². The molecule has 9 heteroatoms. The highest BCUT2D eigenvalue weighted by Crippen LogP contribution is 2.38. The number of nitrogens with one attached hydrogen (secondary N) is 2. The van der Waals surface area contributed by atoms with E-state index in [9.17, 15) is 4.79 Å². The van der Waals surface area contributed by atoms with Crippen molar-refractivity contribution in [2.24, 2.45) is 0 Å². The average molecular weight is 353 g/mol. The van der Waals surface area contributed by atoms with Crippen LogP contribution in [0.25, 0.3) is 0 Å². The first-order valence-electron chi connectivity index (χ1n) is 7.66. The van der Waals surface area contributed by atoms with E-state index in [2.05, 4.69) is 31.1 Å². The Labute approximate surface area is 147 Å². The van der Waals surface area contributed by atoms with Crippen LogP contribution >= 0.6 is 11.3 Å². The summed E-state index contributed by atoms with van der Waals surface area (Å²) in [5.41, 5.74) is 3.03. The van der Waals surface area contributed by atoms with Crippen molar-refractivity contribution >= 4 is 28.9 Å². The lowest BCUT2D eigenvalue weighted by Crippen LogP contribution is -2.31. The maximum absolute atomic E-state index is 13.0. The molecule has 3 aromatic heterocycles. The second kappa shape index (κ2) is 6.10. The Hall–Kier alpha value is -3.07. The molecule has 4 heterocycles. The van der Waals surface area contributed by atoms with E-state index < -0.39 is 0 Å². The molecule has 1 amide bonds. The Morgan fingerprint density at radius 1 is 1.36 bits per heavy atom. The molecular weight excluding hydrogens is 338 g/mol. The molecule has 0 aromatic carbocycles. The third-order valence-electron chi connectivity index (χ3n) is 4.03. The number of thiophene rings is 1. The fourth-order valence-corrected chi connectivity index (χ4v) is 3.87. The van der Waals surface area contributed by atoms with Gasteiger partial charge in [0.1, 0.15) is 6.04 Å². The van der Waals surface area contributed by atoms with Crippen LogP contribution in [0.2, 0.25) is 0 Å². The fourth-order valence-electron chi connectivity index (χ4n) is 2.85. The van der Waals surface area contributed by atoms with Gasteiger partial charge in [0.2, 0.25) is 5.95 Å². The molecule has 25 heavy (non-hydrogen) atoms. The molecule has 0 bridgehead atoms. The maximum Gasteiger partial charge on any atom is 0.255 e. The Kier molecular flexibility index (Phi) is 3.77. The third-order valence-corrected chi connectivity index (χ3v) is 5.10. The largest absolute Gasteiger partial charge is 0.326 e. The molecule has 0 radical (unpaired) electrons. The summed E-state index contributed by atoms with van der Waals surface area (Å²) < 4.78 is 1.64. The van der Waals surface area contributed by atoms with Crippen LogP contribution in [0.1, 0.15) is 23.4 Å². The van der Waals surface area contributed by atoms with E-state index in [1.165, 1.54) is 0 Å². The lowest BCUT2D eigenvalue weighted by Gasteiger charge is -2.27. The molecule has 4 rings (SSSR count). The molecule has 1 aliphatic heterocycles. The van der Waals surface area contributed by atoms with Gasteiger partial charge >= 0.3 is 0 Å². The van der Waals surface area contributed by atoms with Crippen molar-refractivity contribution in [3.8, 4) is 0 Å². The van der Waals surface area contributed by atoms with Gasteiger partial charge in [-0.1, -0.05) is 5.10 Å². The number of pyridine rings is 1. The highest BCUT2D eigenvalue weighted by Gasteiger charge is 2.35. The van der Waals surface area contributed by atoms with Crippen molar-refractivity contribution in [1.29, 1.82) is 0 Å². The number of amides is 1. The molecule has 1 atom stereocenters. The number of anilines is 2. The fraction of sp³-hybridized carbons (Fsp3) is 0.188. The van der Waals surface area contributed by atoms with Gasteiger partial charge in [-0.05, 0) is 53.4 Å². The predicted molar refractivity (Wildman–Crippen MR) is 94.2 cm³/mol. The summed E-state index contributed by atoms with van der Waals surface area (Å²) >= 11 is 1.58. The van der Waals surface area contributed by atoms with Crippen LogP contribution in [0.15, 0.2) is 47.2 Å². The number of aromatic nitrogens is 5. The number of hydrogen-bond donors (Lipinski definition) is 2. The van der Waals surface area contributed by atoms with Crippen molar-refractivity contribution in [3.63, 3.8) is 0 Å². The Morgan fingerprint density at radius 3 is 2.96 bits per heavy atom. The number of allylic oxidation sites excluding steroid dienone is 1. The minimum atomic E-state index is -0.372. The quantitative estimate of drug-likeness (QED) is 0.750. The number of tetrazole rings is 1. The molecule has 0 saturated carbocycles. The van der Waals surface area contributed by atoms with Crippen LogP contribution in [0.5, 0.6) is 0 Å². The maximum atomic E-state index is 13.0. The summed E-state index contributed by atoms with van der Waals surface area (Å²) in [5, 5.41) is 19.8. The number of carbonyl (C=O) groups is 1. The second-order valence-corrected chi connectivity index (χ2v) is 6.62. The van der Waals surface area contributed by atoms with E-state index in [1.807, 2.05) is 25.3 Å².